The van der Waals surface area contributed by atoms with Crippen LogP contribution in [0.2, 0.25) is 0 Å². The van der Waals surface area contributed by atoms with Crippen LogP contribution in [0.5, 0.6) is 5.75 Å². The van der Waals surface area contributed by atoms with Crippen LogP contribution in [-0.4, -0.2) is 13.2 Å². The van der Waals surface area contributed by atoms with Crippen LogP contribution in [0.15, 0.2) is 24.3 Å². The van der Waals surface area contributed by atoms with E-state index in [9.17, 15) is 0 Å². The van der Waals surface area contributed by atoms with E-state index in [2.05, 4.69) is 24.3 Å². The van der Waals surface area contributed by atoms with Gasteiger partial charge in [-0.3, -0.25) is 0 Å². The maximum atomic E-state index is 5.99. The molecule has 3 heteroatoms. The molecule has 2 nitrogen and oxygen atoms in total. The van der Waals surface area contributed by atoms with Gasteiger partial charge in [-0.05, 0) is 55.2 Å². The van der Waals surface area contributed by atoms with Crippen molar-refractivity contribution in [1.29, 1.82) is 0 Å². The van der Waals surface area contributed by atoms with Gasteiger partial charge >= 0.3 is 0 Å². The van der Waals surface area contributed by atoms with Crippen LogP contribution < -0.4 is 10.5 Å². The smallest absolute Gasteiger partial charge is 0.122 e. The van der Waals surface area contributed by atoms with Crippen molar-refractivity contribution < 1.29 is 4.74 Å². The molecule has 100 valence electrons. The van der Waals surface area contributed by atoms with Crippen LogP contribution in [0.3, 0.4) is 0 Å². The zero-order chi connectivity index (χ0) is 11.7. The van der Waals surface area contributed by atoms with Crippen molar-refractivity contribution in [2.24, 2.45) is 17.6 Å². The molecule has 0 aliphatic heterocycles. The molecule has 0 aromatic heterocycles. The molecule has 0 heterocycles. The molecule has 1 aromatic carbocycles. The van der Waals surface area contributed by atoms with E-state index in [1.54, 1.807) is 0 Å². The Morgan fingerprint density at radius 3 is 2.61 bits per heavy atom. The van der Waals surface area contributed by atoms with Crippen molar-refractivity contribution in [2.75, 3.05) is 13.2 Å². The molecule has 0 saturated heterocycles. The zero-order valence-electron chi connectivity index (χ0n) is 10.7. The van der Waals surface area contributed by atoms with E-state index in [1.807, 2.05) is 0 Å². The Morgan fingerprint density at radius 1 is 1.22 bits per heavy atom. The number of ether oxygens (including phenoxy) is 1. The van der Waals surface area contributed by atoms with Crippen LogP contribution in [0.4, 0.5) is 0 Å². The lowest BCUT2D eigenvalue weighted by atomic mass is 9.86. The van der Waals surface area contributed by atoms with E-state index in [4.69, 9.17) is 10.5 Å². The van der Waals surface area contributed by atoms with Gasteiger partial charge in [-0.1, -0.05) is 24.6 Å². The summed E-state index contributed by atoms with van der Waals surface area (Å²) in [6.07, 6.45) is 5.31. The van der Waals surface area contributed by atoms with Gasteiger partial charge in [-0.15, -0.1) is 12.4 Å². The minimum absolute atomic E-state index is 0. The van der Waals surface area contributed by atoms with Gasteiger partial charge in [0, 0.05) is 0 Å². The predicted molar refractivity (Wildman–Crippen MR) is 76.4 cm³/mol. The number of hydrogen-bond acceptors (Lipinski definition) is 2. The highest BCUT2D eigenvalue weighted by Crippen LogP contribution is 2.49. The molecule has 2 atom stereocenters. The number of rotatable bonds is 5. The lowest BCUT2D eigenvalue weighted by molar-refractivity contribution is 0.179. The molecular weight excluding hydrogens is 246 g/mol. The minimum Gasteiger partial charge on any atom is -0.493 e. The van der Waals surface area contributed by atoms with E-state index < -0.39 is 0 Å². The predicted octanol–water partition coefficient (Wildman–Crippen LogP) is 3.35. The number of para-hydroxylation sites is 1. The van der Waals surface area contributed by atoms with Crippen molar-refractivity contribution in [3.05, 3.63) is 29.8 Å². The Morgan fingerprint density at radius 2 is 2.00 bits per heavy atom. The van der Waals surface area contributed by atoms with Crippen molar-refractivity contribution in [3.63, 3.8) is 0 Å². The summed E-state index contributed by atoms with van der Waals surface area (Å²) in [4.78, 5) is 0. The van der Waals surface area contributed by atoms with Crippen molar-refractivity contribution >= 4 is 12.4 Å². The number of halogens is 1. The van der Waals surface area contributed by atoms with Crippen LogP contribution in [-0.2, 0) is 0 Å². The lowest BCUT2D eigenvalue weighted by Gasteiger charge is -2.25. The van der Waals surface area contributed by atoms with Gasteiger partial charge in [0.25, 0.3) is 0 Å². The summed E-state index contributed by atoms with van der Waals surface area (Å²) in [6, 6.07) is 8.49. The maximum absolute atomic E-state index is 5.99. The number of nitrogens with two attached hydrogens (primary N) is 1. The van der Waals surface area contributed by atoms with E-state index in [1.165, 1.54) is 31.2 Å². The van der Waals surface area contributed by atoms with Gasteiger partial charge < -0.3 is 10.5 Å². The van der Waals surface area contributed by atoms with Gasteiger partial charge in [-0.25, -0.2) is 0 Å². The SMILES string of the molecule is Cl.NC[C@H]1C[C@@H]1c1ccccc1OCC1CCC1. The first-order valence-corrected chi connectivity index (χ1v) is 6.80. The first-order chi connectivity index (χ1) is 8.38. The third-order valence-corrected chi connectivity index (χ3v) is 4.24. The molecule has 0 bridgehead atoms. The largest absolute Gasteiger partial charge is 0.493 e. The summed E-state index contributed by atoms with van der Waals surface area (Å²) >= 11 is 0. The van der Waals surface area contributed by atoms with Crippen molar-refractivity contribution in [3.8, 4) is 5.75 Å². The van der Waals surface area contributed by atoms with E-state index in [0.29, 0.717) is 11.8 Å². The second-order valence-electron chi connectivity index (χ2n) is 5.48. The molecule has 3 rings (SSSR count). The highest BCUT2D eigenvalue weighted by Gasteiger charge is 2.38. The van der Waals surface area contributed by atoms with Crippen molar-refractivity contribution in [1.82, 2.24) is 0 Å². The molecule has 0 spiro atoms. The first kappa shape index (κ1) is 13.7. The maximum Gasteiger partial charge on any atom is 0.122 e. The fourth-order valence-electron chi connectivity index (χ4n) is 2.67. The molecule has 2 aliphatic carbocycles. The standard InChI is InChI=1S/C15H21NO.ClH/c16-9-12-8-14(12)13-6-1-2-7-15(13)17-10-11-4-3-5-11;/h1-2,6-7,11-12,14H,3-5,8-10,16H2;1H/t12-,14+;/m1./s1. The summed E-state index contributed by atoms with van der Waals surface area (Å²) in [5, 5.41) is 0. The van der Waals surface area contributed by atoms with E-state index in [0.717, 1.165) is 24.8 Å². The lowest BCUT2D eigenvalue weighted by Crippen LogP contribution is -2.19. The third kappa shape index (κ3) is 2.81. The van der Waals surface area contributed by atoms with E-state index >= 15 is 0 Å². The molecule has 2 saturated carbocycles. The van der Waals surface area contributed by atoms with Crippen LogP contribution in [0.25, 0.3) is 0 Å². The van der Waals surface area contributed by atoms with Crippen molar-refractivity contribution in [2.45, 2.75) is 31.6 Å². The average Bonchev–Trinajstić information content (AvgIpc) is 3.07. The fourth-order valence-corrected chi connectivity index (χ4v) is 2.67. The molecule has 0 amide bonds. The molecular formula is C15H22ClNO. The second kappa shape index (κ2) is 5.94. The molecule has 2 N–H and O–H groups in total. The summed E-state index contributed by atoms with van der Waals surface area (Å²) in [7, 11) is 0. The Balaban J connectivity index is 0.00000120. The molecule has 1 aromatic rings. The summed E-state index contributed by atoms with van der Waals surface area (Å²) in [6.45, 7) is 1.71. The molecule has 2 aliphatic rings. The molecule has 18 heavy (non-hydrogen) atoms. The van der Waals surface area contributed by atoms with Gasteiger partial charge in [0.1, 0.15) is 5.75 Å². The van der Waals surface area contributed by atoms with Gasteiger partial charge in [0.15, 0.2) is 0 Å². The quantitative estimate of drug-likeness (QED) is 0.888. The normalized spacial score (nSPS) is 26.1. The van der Waals surface area contributed by atoms with Crippen LogP contribution in [0, 0.1) is 11.8 Å². The topological polar surface area (TPSA) is 35.2 Å². The zero-order valence-corrected chi connectivity index (χ0v) is 11.5. The van der Waals surface area contributed by atoms with Gasteiger partial charge in [0.2, 0.25) is 0 Å². The Labute approximate surface area is 115 Å². The molecule has 0 unspecified atom stereocenters. The van der Waals surface area contributed by atoms with Gasteiger partial charge in [0.05, 0.1) is 6.61 Å². The minimum atomic E-state index is 0. The summed E-state index contributed by atoms with van der Waals surface area (Å²) in [5.41, 5.74) is 7.10. The number of benzene rings is 1. The highest BCUT2D eigenvalue weighted by molar-refractivity contribution is 5.85. The van der Waals surface area contributed by atoms with E-state index in [-0.39, 0.29) is 12.4 Å². The summed E-state index contributed by atoms with van der Waals surface area (Å²) in [5.74, 6) is 3.23. The highest BCUT2D eigenvalue weighted by atomic mass is 35.5. The first-order valence-electron chi connectivity index (χ1n) is 6.80. The Hall–Kier alpha value is -0.730. The van der Waals surface area contributed by atoms with Crippen LogP contribution >= 0.6 is 12.4 Å². The summed E-state index contributed by atoms with van der Waals surface area (Å²) < 4.78 is 5.99. The van der Waals surface area contributed by atoms with Gasteiger partial charge in [-0.2, -0.15) is 0 Å². The Bertz CT molecular complexity index is 392. The monoisotopic (exact) mass is 267 g/mol. The van der Waals surface area contributed by atoms with Crippen LogP contribution in [0.1, 0.15) is 37.2 Å². The third-order valence-electron chi connectivity index (χ3n) is 4.24. The number of hydrogen-bond donors (Lipinski definition) is 1. The Kier molecular flexibility index (Phi) is 4.52. The average molecular weight is 268 g/mol. The fraction of sp³-hybridized carbons (Fsp3) is 0.600. The molecule has 2 fully saturated rings. The second-order valence-corrected chi connectivity index (χ2v) is 5.48. The molecule has 0 radical (unpaired) electrons.